The van der Waals surface area contributed by atoms with Crippen LogP contribution in [0.5, 0.6) is 0 Å². The molecule has 1 aromatic rings. The number of anilines is 1. The lowest BCUT2D eigenvalue weighted by molar-refractivity contribution is 0.0213. The molecule has 2 aliphatic rings. The number of thioether (sulfide) groups is 1. The van der Waals surface area contributed by atoms with Crippen LogP contribution < -0.4 is 4.90 Å². The summed E-state index contributed by atoms with van der Waals surface area (Å²) in [6.07, 6.45) is 7.88. The molecule has 1 saturated heterocycles. The second-order valence-corrected chi connectivity index (χ2v) is 9.25. The zero-order valence-electron chi connectivity index (χ0n) is 16.9. The minimum absolute atomic E-state index is 0.215. The quantitative estimate of drug-likeness (QED) is 0.721. The molecule has 3 heterocycles. The molecular formula is C20H30N4O2S. The summed E-state index contributed by atoms with van der Waals surface area (Å²) >= 11 is 1.81. The Morgan fingerprint density at radius 3 is 2.70 bits per heavy atom. The zero-order valence-corrected chi connectivity index (χ0v) is 17.8. The Labute approximate surface area is 166 Å². The zero-order chi connectivity index (χ0) is 19.6. The van der Waals surface area contributed by atoms with Gasteiger partial charge in [0.25, 0.3) is 0 Å². The molecule has 2 atom stereocenters. The minimum Gasteiger partial charge on any atom is -0.444 e. The second-order valence-electron chi connectivity index (χ2n) is 8.02. The molecule has 0 radical (unpaired) electrons. The number of carbonyl (C=O) groups is 1. The number of aromatic nitrogens is 2. The molecule has 0 saturated carbocycles. The predicted octanol–water partition coefficient (Wildman–Crippen LogP) is 4.21. The Balaban J connectivity index is 1.78. The average Bonchev–Trinajstić information content (AvgIpc) is 2.65. The van der Waals surface area contributed by atoms with E-state index in [4.69, 9.17) is 4.74 Å². The SMILES string of the molecule is CCC1C=Cc2c(ncnc2N2CCN(C(=O)OC(C)(C)C)CC2CC)S1. The molecule has 3 rings (SSSR count). The van der Waals surface area contributed by atoms with Crippen LogP contribution in [0.4, 0.5) is 10.6 Å². The Kier molecular flexibility index (Phi) is 5.99. The first-order valence-electron chi connectivity index (χ1n) is 9.76. The van der Waals surface area contributed by atoms with E-state index in [1.54, 1.807) is 18.1 Å². The minimum atomic E-state index is -0.473. The maximum Gasteiger partial charge on any atom is 0.410 e. The van der Waals surface area contributed by atoms with E-state index in [0.717, 1.165) is 35.8 Å². The van der Waals surface area contributed by atoms with Crippen molar-refractivity contribution in [2.75, 3.05) is 24.5 Å². The Bertz CT molecular complexity index is 716. The fourth-order valence-electron chi connectivity index (χ4n) is 3.42. The van der Waals surface area contributed by atoms with Crippen molar-refractivity contribution in [2.24, 2.45) is 0 Å². The van der Waals surface area contributed by atoms with E-state index in [9.17, 15) is 4.79 Å². The van der Waals surface area contributed by atoms with Crippen molar-refractivity contribution in [1.82, 2.24) is 14.9 Å². The molecule has 6 nitrogen and oxygen atoms in total. The largest absolute Gasteiger partial charge is 0.444 e. The maximum absolute atomic E-state index is 12.5. The standard InChI is InChI=1S/C20H30N4O2S/c1-6-14-12-23(19(25)26-20(3,4)5)10-11-24(14)17-16-9-8-15(7-2)27-18(16)22-13-21-17/h8-9,13-15H,6-7,10-12H2,1-5H3. The van der Waals surface area contributed by atoms with Crippen LogP contribution in [0.25, 0.3) is 6.08 Å². The summed E-state index contributed by atoms with van der Waals surface area (Å²) in [5.74, 6) is 0.981. The van der Waals surface area contributed by atoms with Gasteiger partial charge in [-0.1, -0.05) is 37.8 Å². The average molecular weight is 391 g/mol. The fraction of sp³-hybridized carbons (Fsp3) is 0.650. The lowest BCUT2D eigenvalue weighted by atomic mass is 10.1. The molecule has 0 aliphatic carbocycles. The van der Waals surface area contributed by atoms with Gasteiger partial charge in [0.1, 0.15) is 22.8 Å². The highest BCUT2D eigenvalue weighted by atomic mass is 32.2. The van der Waals surface area contributed by atoms with Gasteiger partial charge in [0.2, 0.25) is 0 Å². The van der Waals surface area contributed by atoms with Crippen LogP contribution in [0.2, 0.25) is 0 Å². The molecule has 0 spiro atoms. The third-order valence-electron chi connectivity index (χ3n) is 4.85. The van der Waals surface area contributed by atoms with E-state index in [1.165, 1.54) is 0 Å². The molecule has 2 unspecified atom stereocenters. The number of hydrogen-bond donors (Lipinski definition) is 0. The van der Waals surface area contributed by atoms with Crippen LogP contribution in [0.1, 0.15) is 53.0 Å². The van der Waals surface area contributed by atoms with Crippen LogP contribution in [0.3, 0.4) is 0 Å². The van der Waals surface area contributed by atoms with Gasteiger partial charge >= 0.3 is 6.09 Å². The molecule has 1 fully saturated rings. The third kappa shape index (κ3) is 4.57. The Morgan fingerprint density at radius 2 is 2.04 bits per heavy atom. The number of ether oxygens (including phenoxy) is 1. The van der Waals surface area contributed by atoms with Gasteiger partial charge in [0, 0.05) is 36.5 Å². The van der Waals surface area contributed by atoms with Crippen molar-refractivity contribution >= 4 is 29.7 Å². The number of hydrogen-bond acceptors (Lipinski definition) is 6. The van der Waals surface area contributed by atoms with Crippen molar-refractivity contribution in [1.29, 1.82) is 0 Å². The Hall–Kier alpha value is -1.76. The molecule has 148 valence electrons. The molecule has 27 heavy (non-hydrogen) atoms. The highest BCUT2D eigenvalue weighted by Gasteiger charge is 2.33. The Morgan fingerprint density at radius 1 is 1.26 bits per heavy atom. The van der Waals surface area contributed by atoms with E-state index in [1.807, 2.05) is 25.7 Å². The normalized spacial score (nSPS) is 22.6. The van der Waals surface area contributed by atoms with Crippen LogP contribution in [-0.2, 0) is 4.74 Å². The first-order chi connectivity index (χ1) is 12.8. The van der Waals surface area contributed by atoms with Gasteiger partial charge in [0.15, 0.2) is 0 Å². The van der Waals surface area contributed by atoms with Gasteiger partial charge in [-0.15, -0.1) is 0 Å². The van der Waals surface area contributed by atoms with Gasteiger partial charge < -0.3 is 14.5 Å². The number of nitrogens with zero attached hydrogens (tertiary/aromatic N) is 4. The maximum atomic E-state index is 12.5. The van der Waals surface area contributed by atoms with Crippen molar-refractivity contribution in [2.45, 2.75) is 69.4 Å². The molecule has 1 aromatic heterocycles. The number of amides is 1. The summed E-state index contributed by atoms with van der Waals surface area (Å²) in [6.45, 7) is 12.1. The second kappa shape index (κ2) is 8.09. The number of rotatable bonds is 3. The van der Waals surface area contributed by atoms with E-state index in [-0.39, 0.29) is 12.1 Å². The topological polar surface area (TPSA) is 58.6 Å². The first kappa shape index (κ1) is 20.0. The van der Waals surface area contributed by atoms with Gasteiger partial charge in [-0.3, -0.25) is 0 Å². The lowest BCUT2D eigenvalue weighted by Crippen LogP contribution is -2.56. The van der Waals surface area contributed by atoms with E-state index >= 15 is 0 Å². The van der Waals surface area contributed by atoms with Crippen molar-refractivity contribution in [3.8, 4) is 0 Å². The number of carbonyl (C=O) groups excluding carboxylic acids is 1. The summed E-state index contributed by atoms with van der Waals surface area (Å²) < 4.78 is 5.55. The van der Waals surface area contributed by atoms with Gasteiger partial charge in [-0.05, 0) is 33.6 Å². The van der Waals surface area contributed by atoms with Crippen molar-refractivity contribution in [3.63, 3.8) is 0 Å². The van der Waals surface area contributed by atoms with Crippen LogP contribution in [0, 0.1) is 0 Å². The van der Waals surface area contributed by atoms with Crippen LogP contribution in [0.15, 0.2) is 17.4 Å². The summed E-state index contributed by atoms with van der Waals surface area (Å²) in [4.78, 5) is 25.7. The van der Waals surface area contributed by atoms with Crippen molar-refractivity contribution < 1.29 is 9.53 Å². The van der Waals surface area contributed by atoms with Crippen LogP contribution >= 0.6 is 11.8 Å². The molecule has 2 aliphatic heterocycles. The number of fused-ring (bicyclic) bond motifs is 1. The van der Waals surface area contributed by atoms with Crippen LogP contribution in [-0.4, -0.2) is 57.5 Å². The fourth-order valence-corrected chi connectivity index (χ4v) is 4.43. The molecule has 0 bridgehead atoms. The van der Waals surface area contributed by atoms with E-state index < -0.39 is 5.60 Å². The summed E-state index contributed by atoms with van der Waals surface area (Å²) in [7, 11) is 0. The van der Waals surface area contributed by atoms with Crippen molar-refractivity contribution in [3.05, 3.63) is 18.0 Å². The molecular weight excluding hydrogens is 360 g/mol. The summed E-state index contributed by atoms with van der Waals surface area (Å²) in [5, 5.41) is 1.53. The highest BCUT2D eigenvalue weighted by Crippen LogP contribution is 2.38. The molecule has 0 aromatic carbocycles. The number of piperazine rings is 1. The van der Waals surface area contributed by atoms with E-state index in [2.05, 4.69) is 40.9 Å². The van der Waals surface area contributed by atoms with E-state index in [0.29, 0.717) is 18.3 Å². The van der Waals surface area contributed by atoms with Gasteiger partial charge in [-0.2, -0.15) is 0 Å². The smallest absolute Gasteiger partial charge is 0.410 e. The van der Waals surface area contributed by atoms with Gasteiger partial charge in [0.05, 0.1) is 0 Å². The predicted molar refractivity (Wildman–Crippen MR) is 110 cm³/mol. The lowest BCUT2D eigenvalue weighted by Gasteiger charge is -2.42. The third-order valence-corrected chi connectivity index (χ3v) is 6.19. The summed E-state index contributed by atoms with van der Waals surface area (Å²) in [5.41, 5.74) is 0.635. The van der Waals surface area contributed by atoms with Gasteiger partial charge in [-0.25, -0.2) is 14.8 Å². The molecule has 1 amide bonds. The monoisotopic (exact) mass is 390 g/mol. The summed E-state index contributed by atoms with van der Waals surface area (Å²) in [6, 6.07) is 0.215. The highest BCUT2D eigenvalue weighted by molar-refractivity contribution is 8.00. The molecule has 7 heteroatoms. The first-order valence-corrected chi connectivity index (χ1v) is 10.6. The molecule has 0 N–H and O–H groups in total.